The van der Waals surface area contributed by atoms with Gasteiger partial charge >= 0.3 is 0 Å². The number of amides is 1. The van der Waals surface area contributed by atoms with Crippen molar-refractivity contribution in [2.45, 2.75) is 5.16 Å². The minimum atomic E-state index is -0.600. The first-order valence-electron chi connectivity index (χ1n) is 5.66. The van der Waals surface area contributed by atoms with Crippen LogP contribution >= 0.6 is 23.4 Å². The highest BCUT2D eigenvalue weighted by atomic mass is 35.5. The van der Waals surface area contributed by atoms with Crippen LogP contribution < -0.4 is 5.32 Å². The molecule has 2 aromatic rings. The third kappa shape index (κ3) is 3.67. The summed E-state index contributed by atoms with van der Waals surface area (Å²) in [5.74, 6) is -0.527. The molecule has 0 atom stereocenters. The molecule has 1 amide bonds. The average molecular weight is 316 g/mol. The number of nitrogens with zero attached hydrogens (tertiary/aromatic N) is 4. The first-order chi connectivity index (χ1) is 9.58. The van der Waals surface area contributed by atoms with Crippen molar-refractivity contribution in [3.63, 3.8) is 0 Å². The maximum absolute atomic E-state index is 13.5. The molecule has 1 aromatic carbocycles. The van der Waals surface area contributed by atoms with E-state index in [1.54, 1.807) is 7.05 Å². The van der Waals surface area contributed by atoms with Gasteiger partial charge in [0.1, 0.15) is 5.82 Å². The number of aryl methyl sites for hydroxylation is 1. The summed E-state index contributed by atoms with van der Waals surface area (Å²) in [6, 6.07) is 3.85. The molecule has 0 spiro atoms. The zero-order chi connectivity index (χ0) is 14.5. The topological polar surface area (TPSA) is 72.7 Å². The Hall–Kier alpha value is -1.67. The first kappa shape index (κ1) is 14.7. The van der Waals surface area contributed by atoms with Crippen molar-refractivity contribution in [3.8, 4) is 0 Å². The monoisotopic (exact) mass is 315 g/mol. The van der Waals surface area contributed by atoms with Crippen molar-refractivity contribution in [1.29, 1.82) is 0 Å². The van der Waals surface area contributed by atoms with Gasteiger partial charge in [0.2, 0.25) is 5.16 Å². The standard InChI is InChI=1S/C11H11ClFN5OS/c1-18-11(15-16-17-18)20-5-4-14-10(19)8-6-7(12)2-3-9(8)13/h2-3,6H,4-5H2,1H3,(H,14,19). The van der Waals surface area contributed by atoms with Crippen LogP contribution in [0.15, 0.2) is 23.4 Å². The summed E-state index contributed by atoms with van der Waals surface area (Å²) in [6.45, 7) is 0.363. The summed E-state index contributed by atoms with van der Waals surface area (Å²) in [5.41, 5.74) is -0.0668. The van der Waals surface area contributed by atoms with E-state index in [-0.39, 0.29) is 5.56 Å². The van der Waals surface area contributed by atoms with E-state index >= 15 is 0 Å². The smallest absolute Gasteiger partial charge is 0.254 e. The first-order valence-corrected chi connectivity index (χ1v) is 7.02. The van der Waals surface area contributed by atoms with Gasteiger partial charge in [-0.2, -0.15) is 0 Å². The number of hydrogen-bond donors (Lipinski definition) is 1. The molecule has 0 fully saturated rings. The molecule has 6 nitrogen and oxygen atoms in total. The zero-order valence-corrected chi connectivity index (χ0v) is 12.1. The second-order valence-electron chi connectivity index (χ2n) is 3.81. The Balaban J connectivity index is 1.83. The molecule has 1 heterocycles. The lowest BCUT2D eigenvalue weighted by Crippen LogP contribution is -2.26. The summed E-state index contributed by atoms with van der Waals surface area (Å²) >= 11 is 7.12. The van der Waals surface area contributed by atoms with Gasteiger partial charge in [0, 0.05) is 24.4 Å². The molecule has 0 bridgehead atoms. The molecule has 9 heteroatoms. The maximum Gasteiger partial charge on any atom is 0.254 e. The number of halogens is 2. The van der Waals surface area contributed by atoms with Crippen LogP contribution in [0.5, 0.6) is 0 Å². The Morgan fingerprint density at radius 2 is 2.35 bits per heavy atom. The summed E-state index contributed by atoms with van der Waals surface area (Å²) in [4.78, 5) is 11.8. The lowest BCUT2D eigenvalue weighted by molar-refractivity contribution is 0.0952. The van der Waals surface area contributed by atoms with Gasteiger partial charge in [0.25, 0.3) is 5.91 Å². The highest BCUT2D eigenvalue weighted by Gasteiger charge is 2.12. The van der Waals surface area contributed by atoms with E-state index in [1.165, 1.54) is 28.6 Å². The number of aromatic nitrogens is 4. The third-order valence-corrected chi connectivity index (χ3v) is 3.62. The Bertz CT molecular complexity index is 621. The van der Waals surface area contributed by atoms with Crippen molar-refractivity contribution in [2.24, 2.45) is 7.05 Å². The molecule has 2 rings (SSSR count). The molecule has 0 aliphatic rings. The van der Waals surface area contributed by atoms with Gasteiger partial charge in [0.15, 0.2) is 0 Å². The number of tetrazole rings is 1. The predicted molar refractivity (Wildman–Crippen MR) is 73.3 cm³/mol. The molecule has 0 aliphatic heterocycles. The molecule has 1 N–H and O–H groups in total. The summed E-state index contributed by atoms with van der Waals surface area (Å²) in [6.07, 6.45) is 0. The van der Waals surface area contributed by atoms with Gasteiger partial charge in [0.05, 0.1) is 5.56 Å². The number of thioether (sulfide) groups is 1. The predicted octanol–water partition coefficient (Wildman–Crippen LogP) is 1.52. The summed E-state index contributed by atoms with van der Waals surface area (Å²) in [5, 5.41) is 14.5. The largest absolute Gasteiger partial charge is 0.351 e. The van der Waals surface area contributed by atoms with Crippen molar-refractivity contribution >= 4 is 29.3 Å². The van der Waals surface area contributed by atoms with Gasteiger partial charge in [-0.05, 0) is 28.6 Å². The van der Waals surface area contributed by atoms with E-state index in [1.807, 2.05) is 0 Å². The molecule has 0 saturated carbocycles. The van der Waals surface area contributed by atoms with Crippen molar-refractivity contribution < 1.29 is 9.18 Å². The Morgan fingerprint density at radius 3 is 3.05 bits per heavy atom. The van der Waals surface area contributed by atoms with Crippen molar-refractivity contribution in [1.82, 2.24) is 25.5 Å². The Labute approximate surface area is 123 Å². The maximum atomic E-state index is 13.5. The highest BCUT2D eigenvalue weighted by Crippen LogP contribution is 2.15. The molecule has 1 aromatic heterocycles. The summed E-state index contributed by atoms with van der Waals surface area (Å²) in [7, 11) is 1.72. The third-order valence-electron chi connectivity index (χ3n) is 2.37. The van der Waals surface area contributed by atoms with Crippen LogP contribution in [0.1, 0.15) is 10.4 Å². The van der Waals surface area contributed by atoms with Gasteiger partial charge in [-0.25, -0.2) is 9.07 Å². The van der Waals surface area contributed by atoms with E-state index in [2.05, 4.69) is 20.8 Å². The molecule has 0 unspecified atom stereocenters. The fourth-order valence-corrected chi connectivity index (χ4v) is 2.29. The molecule has 0 saturated heterocycles. The molecule has 0 aliphatic carbocycles. The van der Waals surface area contributed by atoms with Crippen LogP contribution in [-0.2, 0) is 7.05 Å². The summed E-state index contributed by atoms with van der Waals surface area (Å²) < 4.78 is 15.0. The van der Waals surface area contributed by atoms with E-state index in [0.717, 1.165) is 6.07 Å². The van der Waals surface area contributed by atoms with Crippen LogP contribution in [0, 0.1) is 5.82 Å². The minimum Gasteiger partial charge on any atom is -0.351 e. The molecule has 20 heavy (non-hydrogen) atoms. The van der Waals surface area contributed by atoms with Crippen LogP contribution in [0.4, 0.5) is 4.39 Å². The number of rotatable bonds is 5. The van der Waals surface area contributed by atoms with Crippen molar-refractivity contribution in [2.75, 3.05) is 12.3 Å². The van der Waals surface area contributed by atoms with Gasteiger partial charge in [-0.3, -0.25) is 4.79 Å². The lowest BCUT2D eigenvalue weighted by atomic mass is 10.2. The second-order valence-corrected chi connectivity index (χ2v) is 5.31. The average Bonchev–Trinajstić information content (AvgIpc) is 2.83. The van der Waals surface area contributed by atoms with Crippen molar-refractivity contribution in [3.05, 3.63) is 34.6 Å². The van der Waals surface area contributed by atoms with Gasteiger partial charge < -0.3 is 5.32 Å². The van der Waals surface area contributed by atoms with Crippen LogP contribution in [0.3, 0.4) is 0 Å². The Kier molecular flexibility index (Phi) is 4.91. The number of carbonyl (C=O) groups is 1. The fraction of sp³-hybridized carbons (Fsp3) is 0.273. The van der Waals surface area contributed by atoms with Gasteiger partial charge in [-0.15, -0.1) is 5.10 Å². The minimum absolute atomic E-state index is 0.0668. The highest BCUT2D eigenvalue weighted by molar-refractivity contribution is 7.99. The van der Waals surface area contributed by atoms with E-state index in [0.29, 0.717) is 22.5 Å². The van der Waals surface area contributed by atoms with Crippen LogP contribution in [-0.4, -0.2) is 38.4 Å². The Morgan fingerprint density at radius 1 is 1.55 bits per heavy atom. The molecule has 0 radical (unpaired) electrons. The number of benzene rings is 1. The second kappa shape index (κ2) is 6.67. The van der Waals surface area contributed by atoms with Crippen LogP contribution in [0.25, 0.3) is 0 Å². The molecular formula is C11H11ClFN5OS. The lowest BCUT2D eigenvalue weighted by Gasteiger charge is -2.06. The number of carbonyl (C=O) groups excluding carboxylic acids is 1. The normalized spacial score (nSPS) is 10.6. The number of hydrogen-bond acceptors (Lipinski definition) is 5. The molecule has 106 valence electrons. The quantitative estimate of drug-likeness (QED) is 0.669. The molecular weight excluding hydrogens is 305 g/mol. The van der Waals surface area contributed by atoms with E-state index in [9.17, 15) is 9.18 Å². The van der Waals surface area contributed by atoms with E-state index < -0.39 is 11.7 Å². The zero-order valence-electron chi connectivity index (χ0n) is 10.5. The number of nitrogens with one attached hydrogen (secondary N) is 1. The SMILES string of the molecule is Cn1nnnc1SCCNC(=O)c1cc(Cl)ccc1F. The van der Waals surface area contributed by atoms with Gasteiger partial charge in [-0.1, -0.05) is 23.4 Å². The van der Waals surface area contributed by atoms with Crippen LogP contribution in [0.2, 0.25) is 5.02 Å². The fourth-order valence-electron chi connectivity index (χ4n) is 1.42. The van der Waals surface area contributed by atoms with E-state index in [4.69, 9.17) is 11.6 Å².